The second-order valence-corrected chi connectivity index (χ2v) is 4.77. The number of nitrogens with one attached hydrogen (secondary N) is 1. The Kier molecular flexibility index (Phi) is 7.54. The highest BCUT2D eigenvalue weighted by Crippen LogP contribution is 1.99. The molecule has 5 nitrogen and oxygen atoms in total. The fourth-order valence-corrected chi connectivity index (χ4v) is 1.30. The minimum absolute atomic E-state index is 0.0430. The molecule has 0 bridgehead atoms. The summed E-state index contributed by atoms with van der Waals surface area (Å²) in [6.45, 7) is 7.05. The summed E-state index contributed by atoms with van der Waals surface area (Å²) in [7, 11) is 1.76. The number of carbonyl (C=O) groups is 2. The standard InChI is InChI=1S/C12H24N2O3/c1-9(2)5-7-13-12(17)10(3)14(4)8-6-11(15)16/h9-10H,5-8H2,1-4H3,(H,13,17)(H,15,16). The molecule has 100 valence electrons. The smallest absolute Gasteiger partial charge is 0.304 e. The lowest BCUT2D eigenvalue weighted by molar-refractivity contribution is -0.138. The van der Waals surface area contributed by atoms with Crippen molar-refractivity contribution in [3.05, 3.63) is 0 Å². The molecule has 0 rings (SSSR count). The SMILES string of the molecule is CC(C)CCNC(=O)C(C)N(C)CCC(=O)O. The molecule has 1 amide bonds. The first-order chi connectivity index (χ1) is 7.84. The maximum Gasteiger partial charge on any atom is 0.304 e. The maximum atomic E-state index is 11.7. The van der Waals surface area contributed by atoms with Gasteiger partial charge in [0.1, 0.15) is 0 Å². The lowest BCUT2D eigenvalue weighted by atomic mass is 10.1. The van der Waals surface area contributed by atoms with Crippen molar-refractivity contribution in [3.8, 4) is 0 Å². The zero-order valence-electron chi connectivity index (χ0n) is 11.2. The maximum absolute atomic E-state index is 11.7. The molecule has 0 saturated carbocycles. The highest BCUT2D eigenvalue weighted by molar-refractivity contribution is 5.81. The van der Waals surface area contributed by atoms with Gasteiger partial charge in [-0.05, 0) is 26.3 Å². The van der Waals surface area contributed by atoms with Crippen molar-refractivity contribution in [1.82, 2.24) is 10.2 Å². The van der Waals surface area contributed by atoms with Crippen molar-refractivity contribution >= 4 is 11.9 Å². The molecule has 1 atom stereocenters. The molecular weight excluding hydrogens is 220 g/mol. The lowest BCUT2D eigenvalue weighted by Gasteiger charge is -2.23. The van der Waals surface area contributed by atoms with E-state index in [1.54, 1.807) is 18.9 Å². The fraction of sp³-hybridized carbons (Fsp3) is 0.833. The average Bonchev–Trinajstić information content (AvgIpc) is 2.24. The second-order valence-electron chi connectivity index (χ2n) is 4.77. The number of hydrogen-bond donors (Lipinski definition) is 2. The second kappa shape index (κ2) is 8.06. The van der Waals surface area contributed by atoms with Gasteiger partial charge in [0.25, 0.3) is 0 Å². The normalized spacial score (nSPS) is 12.8. The van der Waals surface area contributed by atoms with E-state index in [2.05, 4.69) is 19.2 Å². The predicted molar refractivity (Wildman–Crippen MR) is 66.8 cm³/mol. The monoisotopic (exact) mass is 244 g/mol. The number of hydrogen-bond acceptors (Lipinski definition) is 3. The van der Waals surface area contributed by atoms with Crippen molar-refractivity contribution in [2.75, 3.05) is 20.1 Å². The van der Waals surface area contributed by atoms with Crippen LogP contribution in [0.3, 0.4) is 0 Å². The van der Waals surface area contributed by atoms with Crippen LogP contribution in [-0.4, -0.2) is 48.1 Å². The van der Waals surface area contributed by atoms with Crippen LogP contribution >= 0.6 is 0 Å². The molecule has 0 aromatic rings. The zero-order chi connectivity index (χ0) is 13.4. The van der Waals surface area contributed by atoms with Crippen LogP contribution in [0.15, 0.2) is 0 Å². The Morgan fingerprint density at radius 3 is 2.35 bits per heavy atom. The number of carboxylic acids is 1. The Morgan fingerprint density at radius 2 is 1.88 bits per heavy atom. The van der Waals surface area contributed by atoms with E-state index in [1.807, 2.05) is 0 Å². The molecule has 0 aliphatic carbocycles. The van der Waals surface area contributed by atoms with Gasteiger partial charge >= 0.3 is 5.97 Å². The molecule has 0 aliphatic rings. The number of carboxylic acid groups (broad SMARTS) is 1. The van der Waals surface area contributed by atoms with Gasteiger partial charge in [-0.25, -0.2) is 0 Å². The molecule has 5 heteroatoms. The summed E-state index contributed by atoms with van der Waals surface area (Å²) in [6, 6.07) is -0.290. The fourth-order valence-electron chi connectivity index (χ4n) is 1.30. The predicted octanol–water partition coefficient (Wildman–Crippen LogP) is 0.944. The van der Waals surface area contributed by atoms with Gasteiger partial charge in [-0.3, -0.25) is 14.5 Å². The van der Waals surface area contributed by atoms with Gasteiger partial charge in [-0.1, -0.05) is 13.8 Å². The lowest BCUT2D eigenvalue weighted by Crippen LogP contribution is -2.44. The van der Waals surface area contributed by atoms with E-state index in [0.717, 1.165) is 6.42 Å². The summed E-state index contributed by atoms with van der Waals surface area (Å²) in [4.78, 5) is 23.9. The van der Waals surface area contributed by atoms with Crippen molar-refractivity contribution in [1.29, 1.82) is 0 Å². The Bertz CT molecular complexity index is 254. The minimum Gasteiger partial charge on any atom is -0.481 e. The third-order valence-corrected chi connectivity index (χ3v) is 2.74. The molecule has 0 saturated heterocycles. The molecule has 0 radical (unpaired) electrons. The van der Waals surface area contributed by atoms with Crippen LogP contribution in [0.4, 0.5) is 0 Å². The molecule has 0 aromatic carbocycles. The molecule has 0 heterocycles. The number of amides is 1. The summed E-state index contributed by atoms with van der Waals surface area (Å²) in [6.07, 6.45) is 1.01. The van der Waals surface area contributed by atoms with Gasteiger partial charge in [-0.2, -0.15) is 0 Å². The van der Waals surface area contributed by atoms with Crippen LogP contribution in [0.25, 0.3) is 0 Å². The first kappa shape index (κ1) is 15.9. The number of carbonyl (C=O) groups excluding carboxylic acids is 1. The molecule has 0 aromatic heterocycles. The van der Waals surface area contributed by atoms with E-state index in [0.29, 0.717) is 19.0 Å². The molecular formula is C12H24N2O3. The van der Waals surface area contributed by atoms with Gasteiger partial charge in [0.05, 0.1) is 12.5 Å². The van der Waals surface area contributed by atoms with E-state index >= 15 is 0 Å². The minimum atomic E-state index is -0.843. The van der Waals surface area contributed by atoms with Crippen LogP contribution in [0, 0.1) is 5.92 Å². The molecule has 1 unspecified atom stereocenters. The van der Waals surface area contributed by atoms with Crippen LogP contribution in [0.5, 0.6) is 0 Å². The van der Waals surface area contributed by atoms with Crippen molar-refractivity contribution in [2.24, 2.45) is 5.92 Å². The van der Waals surface area contributed by atoms with Crippen molar-refractivity contribution in [2.45, 2.75) is 39.7 Å². The molecule has 0 fully saturated rings. The number of likely N-dealkylation sites (N-methyl/N-ethyl adjacent to an activating group) is 1. The number of nitrogens with zero attached hydrogens (tertiary/aromatic N) is 1. The summed E-state index contributed by atoms with van der Waals surface area (Å²) in [5, 5.41) is 11.4. The first-order valence-corrected chi connectivity index (χ1v) is 6.04. The summed E-state index contributed by atoms with van der Waals surface area (Å²) in [5.41, 5.74) is 0. The van der Waals surface area contributed by atoms with Crippen LogP contribution in [0.2, 0.25) is 0 Å². The topological polar surface area (TPSA) is 69.6 Å². The van der Waals surface area contributed by atoms with Gasteiger partial charge in [0, 0.05) is 13.1 Å². The van der Waals surface area contributed by atoms with Crippen LogP contribution < -0.4 is 5.32 Å². The van der Waals surface area contributed by atoms with Gasteiger partial charge in [0.15, 0.2) is 0 Å². The molecule has 0 spiro atoms. The number of aliphatic carboxylic acids is 1. The van der Waals surface area contributed by atoms with Gasteiger partial charge in [0.2, 0.25) is 5.91 Å². The van der Waals surface area contributed by atoms with E-state index in [9.17, 15) is 9.59 Å². The van der Waals surface area contributed by atoms with Crippen molar-refractivity contribution in [3.63, 3.8) is 0 Å². The quantitative estimate of drug-likeness (QED) is 0.667. The molecule has 17 heavy (non-hydrogen) atoms. The molecule has 2 N–H and O–H groups in total. The average molecular weight is 244 g/mol. The largest absolute Gasteiger partial charge is 0.481 e. The Morgan fingerprint density at radius 1 is 1.29 bits per heavy atom. The van der Waals surface area contributed by atoms with Gasteiger partial charge in [-0.15, -0.1) is 0 Å². The highest BCUT2D eigenvalue weighted by Gasteiger charge is 2.17. The zero-order valence-corrected chi connectivity index (χ0v) is 11.2. The Balaban J connectivity index is 3.90. The summed E-state index contributed by atoms with van der Waals surface area (Å²) >= 11 is 0. The van der Waals surface area contributed by atoms with E-state index in [4.69, 9.17) is 5.11 Å². The highest BCUT2D eigenvalue weighted by atomic mass is 16.4. The van der Waals surface area contributed by atoms with E-state index < -0.39 is 5.97 Å². The third-order valence-electron chi connectivity index (χ3n) is 2.74. The van der Waals surface area contributed by atoms with Crippen molar-refractivity contribution < 1.29 is 14.7 Å². The molecule has 0 aliphatic heterocycles. The Hall–Kier alpha value is -1.10. The summed E-state index contributed by atoms with van der Waals surface area (Å²) in [5.74, 6) is -0.321. The van der Waals surface area contributed by atoms with E-state index in [1.165, 1.54) is 0 Å². The Labute approximate surface area is 103 Å². The first-order valence-electron chi connectivity index (χ1n) is 6.04. The third kappa shape index (κ3) is 7.74. The van der Waals surface area contributed by atoms with E-state index in [-0.39, 0.29) is 18.4 Å². The van der Waals surface area contributed by atoms with Crippen LogP contribution in [0.1, 0.15) is 33.6 Å². The van der Waals surface area contributed by atoms with Crippen LogP contribution in [-0.2, 0) is 9.59 Å². The number of rotatable bonds is 8. The summed E-state index contributed by atoms with van der Waals surface area (Å²) < 4.78 is 0. The van der Waals surface area contributed by atoms with Gasteiger partial charge < -0.3 is 10.4 Å².